The number of carbonyl (C=O) groups excluding carboxylic acids is 3. The zero-order valence-electron chi connectivity index (χ0n) is 15.4. The van der Waals surface area contributed by atoms with Crippen LogP contribution in [0.15, 0.2) is 71.3 Å². The van der Waals surface area contributed by atoms with E-state index < -0.39 is 17.8 Å². The van der Waals surface area contributed by atoms with Crippen LogP contribution in [0.4, 0.5) is 0 Å². The largest absolute Gasteiger partial charge is 0.490 e. The number of esters is 1. The number of hydrogen-bond donors (Lipinski definition) is 0. The number of benzene rings is 2. The number of rotatable bonds is 7. The average molecular weight is 391 g/mol. The Hall–Kier alpha value is -3.87. The van der Waals surface area contributed by atoms with Gasteiger partial charge in [0.2, 0.25) is 0 Å². The Kier molecular flexibility index (Phi) is 5.11. The highest BCUT2D eigenvalue weighted by Crippen LogP contribution is 2.26. The lowest BCUT2D eigenvalue weighted by Crippen LogP contribution is -2.28. The highest BCUT2D eigenvalue weighted by atomic mass is 16.6. The summed E-state index contributed by atoms with van der Waals surface area (Å²) in [7, 11) is 0. The maximum atomic E-state index is 12.6. The number of furan rings is 1. The Morgan fingerprint density at radius 1 is 0.897 bits per heavy atom. The Balaban J connectivity index is 1.38. The second-order valence-electron chi connectivity index (χ2n) is 6.33. The minimum Gasteiger partial charge on any atom is -0.490 e. The summed E-state index contributed by atoms with van der Waals surface area (Å²) in [5.74, 6) is -0.297. The molecule has 7 heteroatoms. The summed E-state index contributed by atoms with van der Waals surface area (Å²) in [6.45, 7) is 0.299. The molecule has 7 nitrogen and oxygen atoms in total. The van der Waals surface area contributed by atoms with Crippen LogP contribution in [-0.4, -0.2) is 35.9 Å². The lowest BCUT2D eigenvalue weighted by Gasteiger charge is -2.11. The number of ether oxygens (including phenoxy) is 2. The van der Waals surface area contributed by atoms with Crippen LogP contribution in [-0.2, 0) is 11.3 Å². The zero-order chi connectivity index (χ0) is 20.2. The molecule has 0 N–H and O–H groups in total. The second-order valence-corrected chi connectivity index (χ2v) is 6.33. The van der Waals surface area contributed by atoms with Crippen LogP contribution in [0, 0.1) is 0 Å². The van der Waals surface area contributed by atoms with E-state index in [1.54, 1.807) is 24.3 Å². The monoisotopic (exact) mass is 391 g/mol. The molecule has 0 saturated carbocycles. The fourth-order valence-corrected chi connectivity index (χ4v) is 3.01. The van der Waals surface area contributed by atoms with Gasteiger partial charge in [-0.1, -0.05) is 18.2 Å². The van der Waals surface area contributed by atoms with Gasteiger partial charge in [0.1, 0.15) is 24.7 Å². The molecule has 0 bridgehead atoms. The van der Waals surface area contributed by atoms with Crippen molar-refractivity contribution in [3.63, 3.8) is 0 Å². The van der Waals surface area contributed by atoms with Crippen molar-refractivity contribution >= 4 is 17.8 Å². The summed E-state index contributed by atoms with van der Waals surface area (Å²) in [4.78, 5) is 38.5. The standard InChI is InChI=1S/C22H17NO6/c24-20-18-9-8-15(22(26)29-12-11-28-16-5-2-1-3-6-16)13-19(18)21(25)23(20)14-17-7-4-10-27-17/h1-10,13H,11-12,14H2. The average Bonchev–Trinajstić information content (AvgIpc) is 3.35. The number of hydrogen-bond acceptors (Lipinski definition) is 6. The Morgan fingerprint density at radius 3 is 2.45 bits per heavy atom. The predicted molar refractivity (Wildman–Crippen MR) is 102 cm³/mol. The fourth-order valence-electron chi connectivity index (χ4n) is 3.01. The van der Waals surface area contributed by atoms with Crippen LogP contribution in [0.5, 0.6) is 5.75 Å². The van der Waals surface area contributed by atoms with Gasteiger partial charge in [-0.25, -0.2) is 4.79 Å². The molecule has 4 rings (SSSR count). The van der Waals surface area contributed by atoms with Gasteiger partial charge in [0.15, 0.2) is 0 Å². The van der Waals surface area contributed by atoms with Gasteiger partial charge < -0.3 is 13.9 Å². The zero-order valence-corrected chi connectivity index (χ0v) is 15.4. The number of fused-ring (bicyclic) bond motifs is 1. The summed E-state index contributed by atoms with van der Waals surface area (Å²) in [5.41, 5.74) is 0.631. The van der Waals surface area contributed by atoms with Gasteiger partial charge in [0.05, 0.1) is 29.5 Å². The molecule has 3 aromatic rings. The number of para-hydroxylation sites is 1. The second kappa shape index (κ2) is 8.02. The van der Waals surface area contributed by atoms with Crippen molar-refractivity contribution in [3.8, 4) is 5.75 Å². The number of imide groups is 1. The Morgan fingerprint density at radius 2 is 1.69 bits per heavy atom. The third kappa shape index (κ3) is 3.89. The van der Waals surface area contributed by atoms with Gasteiger partial charge >= 0.3 is 5.97 Å². The van der Waals surface area contributed by atoms with Crippen LogP contribution in [0.1, 0.15) is 36.8 Å². The Labute approximate surface area is 166 Å². The van der Waals surface area contributed by atoms with E-state index in [1.165, 1.54) is 24.5 Å². The molecule has 0 unspecified atom stereocenters. The first kappa shape index (κ1) is 18.5. The van der Waals surface area contributed by atoms with Crippen LogP contribution in [0.2, 0.25) is 0 Å². The van der Waals surface area contributed by atoms with Gasteiger partial charge in [-0.05, 0) is 42.5 Å². The molecule has 0 fully saturated rings. The Bertz CT molecular complexity index is 1040. The van der Waals surface area contributed by atoms with E-state index >= 15 is 0 Å². The molecule has 146 valence electrons. The highest BCUT2D eigenvalue weighted by molar-refractivity contribution is 6.21. The van der Waals surface area contributed by atoms with E-state index in [0.717, 1.165) is 4.90 Å². The van der Waals surface area contributed by atoms with Crippen LogP contribution in [0.25, 0.3) is 0 Å². The highest BCUT2D eigenvalue weighted by Gasteiger charge is 2.36. The van der Waals surface area contributed by atoms with Crippen molar-refractivity contribution < 1.29 is 28.3 Å². The lowest BCUT2D eigenvalue weighted by molar-refractivity contribution is 0.0450. The van der Waals surface area contributed by atoms with Crippen molar-refractivity contribution in [1.29, 1.82) is 0 Å². The molecule has 0 radical (unpaired) electrons. The molecule has 0 spiro atoms. The maximum Gasteiger partial charge on any atom is 0.338 e. The van der Waals surface area contributed by atoms with Crippen molar-refractivity contribution in [1.82, 2.24) is 4.90 Å². The SMILES string of the molecule is O=C(OCCOc1ccccc1)c1ccc2c(c1)C(=O)N(Cc1ccco1)C2=O. The van der Waals surface area contributed by atoms with Crippen LogP contribution in [0.3, 0.4) is 0 Å². The number of amides is 2. The summed E-state index contributed by atoms with van der Waals surface area (Å²) in [6.07, 6.45) is 1.48. The van der Waals surface area contributed by atoms with Crippen molar-refractivity contribution in [2.24, 2.45) is 0 Å². The fraction of sp³-hybridized carbons (Fsp3) is 0.136. The van der Waals surface area contributed by atoms with E-state index in [-0.39, 0.29) is 36.4 Å². The van der Waals surface area contributed by atoms with E-state index in [0.29, 0.717) is 11.5 Å². The minimum absolute atomic E-state index is 0.0377. The van der Waals surface area contributed by atoms with Gasteiger partial charge in [-0.2, -0.15) is 0 Å². The van der Waals surface area contributed by atoms with Crippen LogP contribution < -0.4 is 4.74 Å². The predicted octanol–water partition coefficient (Wildman–Crippen LogP) is 3.31. The number of nitrogens with zero attached hydrogens (tertiary/aromatic N) is 1. The minimum atomic E-state index is -0.589. The smallest absolute Gasteiger partial charge is 0.338 e. The first-order valence-electron chi connectivity index (χ1n) is 9.01. The summed E-state index contributed by atoms with van der Waals surface area (Å²) in [6, 6.07) is 16.9. The molecule has 1 aromatic heterocycles. The quantitative estimate of drug-likeness (QED) is 0.349. The molecule has 29 heavy (non-hydrogen) atoms. The molecular weight excluding hydrogens is 374 g/mol. The van der Waals surface area contributed by atoms with Gasteiger partial charge in [0, 0.05) is 0 Å². The molecule has 2 heterocycles. The van der Waals surface area contributed by atoms with Gasteiger partial charge in [0.25, 0.3) is 11.8 Å². The normalized spacial score (nSPS) is 12.8. The summed E-state index contributed by atoms with van der Waals surface area (Å²) >= 11 is 0. The lowest BCUT2D eigenvalue weighted by atomic mass is 10.1. The van der Waals surface area contributed by atoms with Crippen LogP contribution >= 0.6 is 0 Å². The molecule has 1 aliphatic rings. The molecular formula is C22H17NO6. The van der Waals surface area contributed by atoms with Crippen molar-refractivity contribution in [2.45, 2.75) is 6.54 Å². The summed E-state index contributed by atoms with van der Waals surface area (Å²) < 4.78 is 15.9. The summed E-state index contributed by atoms with van der Waals surface area (Å²) in [5, 5.41) is 0. The molecule has 0 atom stereocenters. The first-order chi connectivity index (χ1) is 14.1. The van der Waals surface area contributed by atoms with Crippen molar-refractivity contribution in [2.75, 3.05) is 13.2 Å². The van der Waals surface area contributed by atoms with Gasteiger partial charge in [-0.3, -0.25) is 14.5 Å². The maximum absolute atomic E-state index is 12.6. The van der Waals surface area contributed by atoms with E-state index in [4.69, 9.17) is 13.9 Å². The first-order valence-corrected chi connectivity index (χ1v) is 9.01. The molecule has 0 aliphatic carbocycles. The van der Waals surface area contributed by atoms with E-state index in [9.17, 15) is 14.4 Å². The van der Waals surface area contributed by atoms with Crippen molar-refractivity contribution in [3.05, 3.63) is 89.4 Å². The third-order valence-electron chi connectivity index (χ3n) is 4.43. The molecule has 1 aliphatic heterocycles. The molecule has 0 saturated heterocycles. The molecule has 2 amide bonds. The third-order valence-corrected chi connectivity index (χ3v) is 4.43. The van der Waals surface area contributed by atoms with E-state index in [1.807, 2.05) is 18.2 Å². The van der Waals surface area contributed by atoms with Gasteiger partial charge in [-0.15, -0.1) is 0 Å². The molecule has 2 aromatic carbocycles. The van der Waals surface area contributed by atoms with E-state index in [2.05, 4.69) is 0 Å². The number of carbonyl (C=O) groups is 3. The topological polar surface area (TPSA) is 86.1 Å².